The molecule has 1 aromatic rings. The van der Waals surface area contributed by atoms with Gasteiger partial charge in [-0.2, -0.15) is 11.8 Å². The summed E-state index contributed by atoms with van der Waals surface area (Å²) in [5.74, 6) is 2.48. The van der Waals surface area contributed by atoms with E-state index in [0.717, 1.165) is 17.1 Å². The van der Waals surface area contributed by atoms with E-state index in [4.69, 9.17) is 0 Å². The molecule has 0 bridgehead atoms. The normalized spacial score (nSPS) is 20.9. The SMILES string of the molecule is Oc1ccccc1CSCC1CCCCN1. The Balaban J connectivity index is 1.73. The van der Waals surface area contributed by atoms with E-state index in [2.05, 4.69) is 5.32 Å². The predicted molar refractivity (Wildman–Crippen MR) is 69.9 cm³/mol. The lowest BCUT2D eigenvalue weighted by atomic mass is 10.1. The first-order chi connectivity index (χ1) is 7.86. The third-order valence-electron chi connectivity index (χ3n) is 2.98. The van der Waals surface area contributed by atoms with Crippen LogP contribution in [0.15, 0.2) is 24.3 Å². The fourth-order valence-electron chi connectivity index (χ4n) is 2.01. The summed E-state index contributed by atoms with van der Waals surface area (Å²) in [4.78, 5) is 0. The van der Waals surface area contributed by atoms with Gasteiger partial charge in [0.25, 0.3) is 0 Å². The maximum absolute atomic E-state index is 9.62. The monoisotopic (exact) mass is 237 g/mol. The maximum Gasteiger partial charge on any atom is 0.119 e. The summed E-state index contributed by atoms with van der Waals surface area (Å²) in [5, 5.41) is 13.2. The molecule has 0 spiro atoms. The summed E-state index contributed by atoms with van der Waals surface area (Å²) in [6.07, 6.45) is 3.98. The lowest BCUT2D eigenvalue weighted by Crippen LogP contribution is -2.35. The van der Waals surface area contributed by atoms with Crippen LogP contribution in [0.25, 0.3) is 0 Å². The van der Waals surface area contributed by atoms with Gasteiger partial charge in [-0.25, -0.2) is 0 Å². The van der Waals surface area contributed by atoms with Gasteiger partial charge >= 0.3 is 0 Å². The van der Waals surface area contributed by atoms with Crippen molar-refractivity contribution in [2.75, 3.05) is 12.3 Å². The van der Waals surface area contributed by atoms with Crippen LogP contribution >= 0.6 is 11.8 Å². The van der Waals surface area contributed by atoms with Crippen molar-refractivity contribution in [1.82, 2.24) is 5.32 Å². The van der Waals surface area contributed by atoms with Crippen molar-refractivity contribution in [2.45, 2.75) is 31.1 Å². The largest absolute Gasteiger partial charge is 0.508 e. The van der Waals surface area contributed by atoms with Crippen LogP contribution in [0.2, 0.25) is 0 Å². The van der Waals surface area contributed by atoms with E-state index in [1.807, 2.05) is 30.0 Å². The Bertz CT molecular complexity index is 323. The Kier molecular flexibility index (Phi) is 4.55. The van der Waals surface area contributed by atoms with Crippen LogP contribution in [0.3, 0.4) is 0 Å². The van der Waals surface area contributed by atoms with Crippen molar-refractivity contribution in [3.8, 4) is 5.75 Å². The quantitative estimate of drug-likeness (QED) is 0.844. The molecule has 1 atom stereocenters. The smallest absolute Gasteiger partial charge is 0.119 e. The summed E-state index contributed by atoms with van der Waals surface area (Å²) >= 11 is 1.90. The van der Waals surface area contributed by atoms with Gasteiger partial charge in [-0.15, -0.1) is 0 Å². The number of benzene rings is 1. The molecule has 3 heteroatoms. The number of hydrogen-bond donors (Lipinski definition) is 2. The van der Waals surface area contributed by atoms with Gasteiger partial charge in [0.1, 0.15) is 5.75 Å². The highest BCUT2D eigenvalue weighted by Gasteiger charge is 2.12. The molecule has 1 unspecified atom stereocenters. The fourth-order valence-corrected chi connectivity index (χ4v) is 3.16. The van der Waals surface area contributed by atoms with Crippen LogP contribution in [-0.4, -0.2) is 23.4 Å². The van der Waals surface area contributed by atoms with E-state index in [0.29, 0.717) is 11.8 Å². The van der Waals surface area contributed by atoms with Gasteiger partial charge in [-0.05, 0) is 25.5 Å². The second kappa shape index (κ2) is 6.16. The highest BCUT2D eigenvalue weighted by atomic mass is 32.2. The summed E-state index contributed by atoms with van der Waals surface area (Å²) in [5.41, 5.74) is 1.04. The Labute approximate surface area is 101 Å². The number of para-hydroxylation sites is 1. The van der Waals surface area contributed by atoms with Gasteiger partial charge in [0.05, 0.1) is 0 Å². The van der Waals surface area contributed by atoms with Crippen LogP contribution in [0.1, 0.15) is 24.8 Å². The molecule has 88 valence electrons. The van der Waals surface area contributed by atoms with E-state index in [-0.39, 0.29) is 0 Å². The van der Waals surface area contributed by atoms with Crippen LogP contribution < -0.4 is 5.32 Å². The Morgan fingerprint density at radius 3 is 2.94 bits per heavy atom. The average Bonchev–Trinajstić information content (AvgIpc) is 2.33. The van der Waals surface area contributed by atoms with Gasteiger partial charge in [0.2, 0.25) is 0 Å². The number of hydrogen-bond acceptors (Lipinski definition) is 3. The minimum Gasteiger partial charge on any atom is -0.508 e. The lowest BCUT2D eigenvalue weighted by molar-refractivity contribution is 0.430. The molecule has 1 aliphatic rings. The highest BCUT2D eigenvalue weighted by molar-refractivity contribution is 7.98. The first-order valence-electron chi connectivity index (χ1n) is 5.94. The summed E-state index contributed by atoms with van der Waals surface area (Å²) < 4.78 is 0. The van der Waals surface area contributed by atoms with Gasteiger partial charge in [-0.1, -0.05) is 24.6 Å². The minimum absolute atomic E-state index is 0.423. The Morgan fingerprint density at radius 2 is 2.19 bits per heavy atom. The number of phenolic OH excluding ortho intramolecular Hbond substituents is 1. The van der Waals surface area contributed by atoms with E-state index in [1.165, 1.54) is 25.8 Å². The van der Waals surface area contributed by atoms with Crippen molar-refractivity contribution in [1.29, 1.82) is 0 Å². The van der Waals surface area contributed by atoms with Gasteiger partial charge in [-0.3, -0.25) is 0 Å². The number of piperidine rings is 1. The van der Waals surface area contributed by atoms with Crippen LogP contribution in [0.4, 0.5) is 0 Å². The molecule has 16 heavy (non-hydrogen) atoms. The standard InChI is InChI=1S/C13H19NOS/c15-13-7-2-1-5-11(13)9-16-10-12-6-3-4-8-14-12/h1-2,5,7,12,14-15H,3-4,6,8-10H2. The Morgan fingerprint density at radius 1 is 1.31 bits per heavy atom. The fraction of sp³-hybridized carbons (Fsp3) is 0.538. The molecular weight excluding hydrogens is 218 g/mol. The van der Waals surface area contributed by atoms with Crippen molar-refractivity contribution < 1.29 is 5.11 Å². The molecule has 1 saturated heterocycles. The van der Waals surface area contributed by atoms with Gasteiger partial charge in [0.15, 0.2) is 0 Å². The molecule has 2 nitrogen and oxygen atoms in total. The van der Waals surface area contributed by atoms with Gasteiger partial charge < -0.3 is 10.4 Å². The topological polar surface area (TPSA) is 32.3 Å². The molecule has 0 amide bonds. The average molecular weight is 237 g/mol. The third kappa shape index (κ3) is 3.42. The van der Waals surface area contributed by atoms with Gasteiger partial charge in [0, 0.05) is 23.1 Å². The lowest BCUT2D eigenvalue weighted by Gasteiger charge is -2.22. The number of rotatable bonds is 4. The van der Waals surface area contributed by atoms with Crippen molar-refractivity contribution >= 4 is 11.8 Å². The molecular formula is C13H19NOS. The van der Waals surface area contributed by atoms with Crippen LogP contribution in [-0.2, 0) is 5.75 Å². The van der Waals surface area contributed by atoms with E-state index in [9.17, 15) is 5.11 Å². The van der Waals surface area contributed by atoms with Crippen molar-refractivity contribution in [3.05, 3.63) is 29.8 Å². The van der Waals surface area contributed by atoms with Crippen LogP contribution in [0, 0.1) is 0 Å². The summed E-state index contributed by atoms with van der Waals surface area (Å²) in [6.45, 7) is 1.17. The third-order valence-corrected chi connectivity index (χ3v) is 4.13. The number of thioether (sulfide) groups is 1. The van der Waals surface area contributed by atoms with Crippen LogP contribution in [0.5, 0.6) is 5.75 Å². The molecule has 2 N–H and O–H groups in total. The molecule has 0 radical (unpaired) electrons. The highest BCUT2D eigenvalue weighted by Crippen LogP contribution is 2.23. The first-order valence-corrected chi connectivity index (χ1v) is 7.10. The van der Waals surface area contributed by atoms with E-state index in [1.54, 1.807) is 6.07 Å². The minimum atomic E-state index is 0.423. The molecule has 2 rings (SSSR count). The summed E-state index contributed by atoms with van der Waals surface area (Å²) in [6, 6.07) is 8.27. The molecule has 0 aromatic heterocycles. The zero-order chi connectivity index (χ0) is 11.2. The van der Waals surface area contributed by atoms with Crippen molar-refractivity contribution in [2.24, 2.45) is 0 Å². The second-order valence-electron chi connectivity index (χ2n) is 4.29. The van der Waals surface area contributed by atoms with E-state index >= 15 is 0 Å². The molecule has 1 aromatic carbocycles. The predicted octanol–water partition coefficient (Wildman–Crippen LogP) is 2.77. The zero-order valence-corrected chi connectivity index (χ0v) is 10.3. The second-order valence-corrected chi connectivity index (χ2v) is 5.32. The maximum atomic E-state index is 9.62. The Hall–Kier alpha value is -0.670. The molecule has 0 aliphatic carbocycles. The van der Waals surface area contributed by atoms with E-state index < -0.39 is 0 Å². The molecule has 1 fully saturated rings. The van der Waals surface area contributed by atoms with Crippen molar-refractivity contribution in [3.63, 3.8) is 0 Å². The summed E-state index contributed by atoms with van der Waals surface area (Å²) in [7, 11) is 0. The molecule has 1 heterocycles. The number of phenols is 1. The number of nitrogens with one attached hydrogen (secondary N) is 1. The molecule has 1 aliphatic heterocycles. The zero-order valence-electron chi connectivity index (χ0n) is 9.48. The first kappa shape index (κ1) is 11.8. The molecule has 0 saturated carbocycles. The number of aromatic hydroxyl groups is 1.